The van der Waals surface area contributed by atoms with Crippen molar-refractivity contribution in [3.05, 3.63) is 29.6 Å². The van der Waals surface area contributed by atoms with Crippen molar-refractivity contribution in [2.75, 3.05) is 12.3 Å². The Bertz CT molecular complexity index is 369. The van der Waals surface area contributed by atoms with Gasteiger partial charge in [0.2, 0.25) is 0 Å². The lowest BCUT2D eigenvalue weighted by molar-refractivity contribution is 0.252. The number of rotatable bonds is 4. The molecule has 1 atom stereocenters. The molecule has 1 unspecified atom stereocenters. The molecule has 0 amide bonds. The van der Waals surface area contributed by atoms with Gasteiger partial charge in [0.1, 0.15) is 5.82 Å². The summed E-state index contributed by atoms with van der Waals surface area (Å²) < 4.78 is 13.2. The molecule has 1 aromatic carbocycles. The Morgan fingerprint density at radius 1 is 1.35 bits per heavy atom. The number of hydrogen-bond acceptors (Lipinski definition) is 2. The number of anilines is 1. The third-order valence-electron chi connectivity index (χ3n) is 3.32. The third-order valence-corrected chi connectivity index (χ3v) is 3.32. The lowest BCUT2D eigenvalue weighted by Crippen LogP contribution is -2.29. The molecule has 0 bridgehead atoms. The van der Waals surface area contributed by atoms with Gasteiger partial charge in [0.25, 0.3) is 0 Å². The second-order valence-corrected chi connectivity index (χ2v) is 5.75. The molecule has 0 radical (unpaired) electrons. The molecule has 0 fully saturated rings. The zero-order valence-electron chi connectivity index (χ0n) is 11.2. The molecule has 96 valence electrons. The smallest absolute Gasteiger partial charge is 0.146 e. The van der Waals surface area contributed by atoms with Gasteiger partial charge >= 0.3 is 0 Å². The summed E-state index contributed by atoms with van der Waals surface area (Å²) in [5.41, 5.74) is 6.85. The van der Waals surface area contributed by atoms with E-state index < -0.39 is 0 Å². The monoisotopic (exact) mass is 238 g/mol. The number of halogens is 1. The maximum atomic E-state index is 13.2. The standard InChI is InChI=1S/C14H23FN2/c1-10(14(2,3)4)8-17-9-11-5-6-13(16)12(15)7-11/h5-7,10,17H,8-9,16H2,1-4H3. The fourth-order valence-corrected chi connectivity index (χ4v) is 1.42. The summed E-state index contributed by atoms with van der Waals surface area (Å²) in [5.74, 6) is 0.231. The van der Waals surface area contributed by atoms with Crippen LogP contribution < -0.4 is 11.1 Å². The van der Waals surface area contributed by atoms with E-state index in [1.807, 2.05) is 6.07 Å². The molecule has 2 nitrogen and oxygen atoms in total. The number of hydrogen-bond donors (Lipinski definition) is 2. The van der Waals surface area contributed by atoms with E-state index in [0.717, 1.165) is 12.1 Å². The van der Waals surface area contributed by atoms with Crippen LogP contribution in [-0.4, -0.2) is 6.54 Å². The van der Waals surface area contributed by atoms with Gasteiger partial charge in [-0.3, -0.25) is 0 Å². The first-order valence-corrected chi connectivity index (χ1v) is 6.05. The first kappa shape index (κ1) is 14.0. The van der Waals surface area contributed by atoms with Crippen molar-refractivity contribution in [3.63, 3.8) is 0 Å². The lowest BCUT2D eigenvalue weighted by Gasteiger charge is -2.27. The summed E-state index contributed by atoms with van der Waals surface area (Å²) >= 11 is 0. The van der Waals surface area contributed by atoms with Crippen LogP contribution in [-0.2, 0) is 6.54 Å². The molecule has 1 aromatic rings. The Hall–Kier alpha value is -1.09. The minimum absolute atomic E-state index is 0.205. The van der Waals surface area contributed by atoms with Crippen LogP contribution in [0, 0.1) is 17.2 Å². The van der Waals surface area contributed by atoms with Gasteiger partial charge < -0.3 is 11.1 Å². The Morgan fingerprint density at radius 3 is 2.53 bits per heavy atom. The summed E-state index contributed by atoms with van der Waals surface area (Å²) in [5, 5.41) is 3.35. The van der Waals surface area contributed by atoms with E-state index >= 15 is 0 Å². The van der Waals surface area contributed by atoms with E-state index in [1.54, 1.807) is 6.07 Å². The van der Waals surface area contributed by atoms with Gasteiger partial charge in [0.15, 0.2) is 0 Å². The van der Waals surface area contributed by atoms with Crippen molar-refractivity contribution in [2.24, 2.45) is 11.3 Å². The Morgan fingerprint density at radius 2 is 2.00 bits per heavy atom. The summed E-state index contributed by atoms with van der Waals surface area (Å²) in [4.78, 5) is 0. The van der Waals surface area contributed by atoms with Gasteiger partial charge in [0.05, 0.1) is 5.69 Å². The van der Waals surface area contributed by atoms with Crippen LogP contribution in [0.4, 0.5) is 10.1 Å². The van der Waals surface area contributed by atoms with Crippen molar-refractivity contribution < 1.29 is 4.39 Å². The second-order valence-electron chi connectivity index (χ2n) is 5.75. The van der Waals surface area contributed by atoms with Gasteiger partial charge in [-0.2, -0.15) is 0 Å². The molecule has 0 saturated carbocycles. The van der Waals surface area contributed by atoms with E-state index in [4.69, 9.17) is 5.73 Å². The zero-order valence-corrected chi connectivity index (χ0v) is 11.2. The van der Waals surface area contributed by atoms with Gasteiger partial charge in [-0.15, -0.1) is 0 Å². The molecular formula is C14H23FN2. The highest BCUT2D eigenvalue weighted by Crippen LogP contribution is 2.24. The molecule has 0 aliphatic rings. The van der Waals surface area contributed by atoms with E-state index in [1.165, 1.54) is 6.07 Å². The largest absolute Gasteiger partial charge is 0.396 e. The van der Waals surface area contributed by atoms with Crippen molar-refractivity contribution in [1.82, 2.24) is 5.32 Å². The minimum atomic E-state index is -0.340. The number of nitrogens with one attached hydrogen (secondary N) is 1. The number of benzene rings is 1. The first-order valence-electron chi connectivity index (χ1n) is 6.05. The maximum Gasteiger partial charge on any atom is 0.146 e. The predicted octanol–water partition coefficient (Wildman–Crippen LogP) is 3.18. The molecule has 0 aliphatic heterocycles. The normalized spacial score (nSPS) is 13.7. The van der Waals surface area contributed by atoms with Crippen LogP contribution in [0.3, 0.4) is 0 Å². The van der Waals surface area contributed by atoms with Crippen molar-refractivity contribution in [2.45, 2.75) is 34.2 Å². The molecule has 3 heteroatoms. The quantitative estimate of drug-likeness (QED) is 0.791. The summed E-state index contributed by atoms with van der Waals surface area (Å²) in [6.45, 7) is 10.5. The van der Waals surface area contributed by atoms with E-state index in [2.05, 4.69) is 33.0 Å². The highest BCUT2D eigenvalue weighted by atomic mass is 19.1. The molecule has 0 saturated heterocycles. The predicted molar refractivity (Wildman–Crippen MR) is 71.1 cm³/mol. The summed E-state index contributed by atoms with van der Waals surface area (Å²) in [6, 6.07) is 4.96. The topological polar surface area (TPSA) is 38.0 Å². The Balaban J connectivity index is 2.44. The molecule has 1 rings (SSSR count). The second kappa shape index (κ2) is 5.50. The van der Waals surface area contributed by atoms with Gasteiger partial charge in [-0.25, -0.2) is 4.39 Å². The van der Waals surface area contributed by atoms with Crippen molar-refractivity contribution in [3.8, 4) is 0 Å². The number of nitrogen functional groups attached to an aromatic ring is 1. The Kier molecular flexibility index (Phi) is 4.52. The summed E-state index contributed by atoms with van der Waals surface area (Å²) in [6.07, 6.45) is 0. The number of nitrogens with two attached hydrogens (primary N) is 1. The fraction of sp³-hybridized carbons (Fsp3) is 0.571. The molecule has 17 heavy (non-hydrogen) atoms. The van der Waals surface area contributed by atoms with Crippen LogP contribution in [0.1, 0.15) is 33.3 Å². The average Bonchev–Trinajstić information content (AvgIpc) is 2.22. The summed E-state index contributed by atoms with van der Waals surface area (Å²) in [7, 11) is 0. The van der Waals surface area contributed by atoms with Crippen molar-refractivity contribution in [1.29, 1.82) is 0 Å². The maximum absolute atomic E-state index is 13.2. The van der Waals surface area contributed by atoms with Crippen LogP contribution in [0.25, 0.3) is 0 Å². The van der Waals surface area contributed by atoms with Gasteiger partial charge in [-0.05, 0) is 35.6 Å². The zero-order chi connectivity index (χ0) is 13.1. The molecule has 0 spiro atoms. The first-order chi connectivity index (χ1) is 7.80. The highest BCUT2D eigenvalue weighted by Gasteiger charge is 2.19. The SMILES string of the molecule is CC(CNCc1ccc(N)c(F)c1)C(C)(C)C. The lowest BCUT2D eigenvalue weighted by atomic mass is 9.82. The molecule has 3 N–H and O–H groups in total. The highest BCUT2D eigenvalue weighted by molar-refractivity contribution is 5.41. The van der Waals surface area contributed by atoms with E-state index in [-0.39, 0.29) is 11.5 Å². The van der Waals surface area contributed by atoms with E-state index in [0.29, 0.717) is 17.9 Å². The fourth-order valence-electron chi connectivity index (χ4n) is 1.42. The van der Waals surface area contributed by atoms with E-state index in [9.17, 15) is 4.39 Å². The Labute approximate surface area is 103 Å². The van der Waals surface area contributed by atoms with Crippen LogP contribution in [0.2, 0.25) is 0 Å². The van der Waals surface area contributed by atoms with Crippen molar-refractivity contribution >= 4 is 5.69 Å². The molecule has 0 heterocycles. The molecule has 0 aliphatic carbocycles. The van der Waals surface area contributed by atoms with Gasteiger partial charge in [-0.1, -0.05) is 33.8 Å². The average molecular weight is 238 g/mol. The third kappa shape index (κ3) is 4.35. The van der Waals surface area contributed by atoms with Crippen LogP contribution in [0.15, 0.2) is 18.2 Å². The molecule has 0 aromatic heterocycles. The van der Waals surface area contributed by atoms with Crippen LogP contribution in [0.5, 0.6) is 0 Å². The molecular weight excluding hydrogens is 215 g/mol. The van der Waals surface area contributed by atoms with Gasteiger partial charge in [0, 0.05) is 6.54 Å². The van der Waals surface area contributed by atoms with Crippen LogP contribution >= 0.6 is 0 Å². The minimum Gasteiger partial charge on any atom is -0.396 e.